The van der Waals surface area contributed by atoms with Crippen LogP contribution in [0.1, 0.15) is 37.4 Å². The summed E-state index contributed by atoms with van der Waals surface area (Å²) in [5, 5.41) is 4.54. The van der Waals surface area contributed by atoms with Crippen LogP contribution in [0.15, 0.2) is 48.5 Å². The molecule has 0 bridgehead atoms. The van der Waals surface area contributed by atoms with Gasteiger partial charge in [-0.05, 0) is 60.5 Å². The predicted molar refractivity (Wildman–Crippen MR) is 107 cm³/mol. The van der Waals surface area contributed by atoms with Crippen molar-refractivity contribution in [3.8, 4) is 0 Å². The molecule has 5 heteroatoms. The molecule has 0 aromatic heterocycles. The highest BCUT2D eigenvalue weighted by Gasteiger charge is 2.35. The fourth-order valence-electron chi connectivity index (χ4n) is 4.19. The summed E-state index contributed by atoms with van der Waals surface area (Å²) < 4.78 is 0. The Morgan fingerprint density at radius 2 is 1.43 bits per heavy atom. The van der Waals surface area contributed by atoms with Crippen LogP contribution in [0.2, 0.25) is 0 Å². The lowest BCUT2D eigenvalue weighted by atomic mass is 9.91. The first-order chi connectivity index (χ1) is 13.5. The van der Waals surface area contributed by atoms with Gasteiger partial charge in [0.2, 0.25) is 5.91 Å². The van der Waals surface area contributed by atoms with Gasteiger partial charge in [0, 0.05) is 22.2 Å². The van der Waals surface area contributed by atoms with E-state index in [4.69, 9.17) is 0 Å². The number of benzene rings is 3. The molecule has 0 atom stereocenters. The molecule has 5 nitrogen and oxygen atoms in total. The maximum Gasteiger partial charge on any atom is 0.261 e. The Bertz CT molecular complexity index is 1120. The zero-order valence-corrected chi connectivity index (χ0v) is 15.4. The van der Waals surface area contributed by atoms with Crippen LogP contribution < -0.4 is 5.32 Å². The molecule has 1 aliphatic carbocycles. The number of aryl methyl sites for hydroxylation is 3. The van der Waals surface area contributed by atoms with E-state index in [2.05, 4.69) is 5.32 Å². The first-order valence-electron chi connectivity index (χ1n) is 9.33. The average Bonchev–Trinajstić information content (AvgIpc) is 3.11. The van der Waals surface area contributed by atoms with Crippen LogP contribution in [-0.4, -0.2) is 29.2 Å². The van der Waals surface area contributed by atoms with Crippen molar-refractivity contribution in [1.29, 1.82) is 0 Å². The molecule has 1 aliphatic heterocycles. The lowest BCUT2D eigenvalue weighted by Crippen LogP contribution is -2.44. The van der Waals surface area contributed by atoms with Crippen LogP contribution in [0.5, 0.6) is 0 Å². The van der Waals surface area contributed by atoms with Crippen molar-refractivity contribution < 1.29 is 14.4 Å². The van der Waals surface area contributed by atoms with E-state index in [9.17, 15) is 14.4 Å². The number of nitrogens with one attached hydrogen (secondary N) is 1. The lowest BCUT2D eigenvalue weighted by Gasteiger charge is -2.27. The van der Waals surface area contributed by atoms with E-state index in [0.29, 0.717) is 16.8 Å². The number of carbonyl (C=O) groups excluding carboxylic acids is 3. The molecule has 0 radical (unpaired) electrons. The van der Waals surface area contributed by atoms with E-state index in [1.54, 1.807) is 24.3 Å². The van der Waals surface area contributed by atoms with Gasteiger partial charge in [-0.2, -0.15) is 0 Å². The van der Waals surface area contributed by atoms with Gasteiger partial charge in [-0.1, -0.05) is 29.8 Å². The van der Waals surface area contributed by atoms with Crippen molar-refractivity contribution in [2.24, 2.45) is 0 Å². The topological polar surface area (TPSA) is 66.5 Å². The second kappa shape index (κ2) is 6.02. The number of hydrogen-bond donors (Lipinski definition) is 1. The monoisotopic (exact) mass is 370 g/mol. The van der Waals surface area contributed by atoms with Crippen molar-refractivity contribution in [3.63, 3.8) is 0 Å². The summed E-state index contributed by atoms with van der Waals surface area (Å²) in [5.41, 5.74) is 5.08. The van der Waals surface area contributed by atoms with E-state index < -0.39 is 17.7 Å². The van der Waals surface area contributed by atoms with E-state index in [0.717, 1.165) is 34.1 Å². The highest BCUT2D eigenvalue weighted by molar-refractivity contribution is 6.27. The number of carbonyl (C=O) groups is 3. The number of imide groups is 1. The summed E-state index contributed by atoms with van der Waals surface area (Å²) in [6.07, 6.45) is 1.86. The Balaban J connectivity index is 1.47. The molecule has 0 fully saturated rings. The number of nitrogens with zero attached hydrogens (tertiary/aromatic N) is 1. The molecule has 0 saturated heterocycles. The van der Waals surface area contributed by atoms with Gasteiger partial charge in [-0.15, -0.1) is 0 Å². The van der Waals surface area contributed by atoms with Gasteiger partial charge in [0.25, 0.3) is 11.8 Å². The Labute approximate surface area is 162 Å². The smallest absolute Gasteiger partial charge is 0.261 e. The van der Waals surface area contributed by atoms with Gasteiger partial charge in [0.05, 0.1) is 0 Å². The van der Waals surface area contributed by atoms with Gasteiger partial charge >= 0.3 is 0 Å². The molecule has 1 heterocycles. The summed E-state index contributed by atoms with van der Waals surface area (Å²) >= 11 is 0. The third-order valence-electron chi connectivity index (χ3n) is 5.59. The SMILES string of the molecule is Cc1ccc(NC(=O)CN2C(=O)c3ccc4c5c(ccc(c35)C2=O)CC4)cc1. The third kappa shape index (κ3) is 2.43. The van der Waals surface area contributed by atoms with E-state index >= 15 is 0 Å². The minimum absolute atomic E-state index is 0.310. The third-order valence-corrected chi connectivity index (χ3v) is 5.59. The maximum atomic E-state index is 13.0. The molecule has 28 heavy (non-hydrogen) atoms. The second-order valence-corrected chi connectivity index (χ2v) is 7.41. The van der Waals surface area contributed by atoms with Crippen LogP contribution in [-0.2, 0) is 17.6 Å². The van der Waals surface area contributed by atoms with Crippen molar-refractivity contribution >= 4 is 34.2 Å². The Morgan fingerprint density at radius 1 is 0.857 bits per heavy atom. The molecule has 3 aromatic rings. The molecular formula is C23H18N2O3. The summed E-state index contributed by atoms with van der Waals surface area (Å²) in [5.74, 6) is -1.22. The standard InChI is InChI=1S/C23H18N2O3/c1-13-2-8-16(9-3-13)24-19(26)12-25-22(27)17-10-6-14-4-5-15-7-11-18(23(25)28)21(17)20(14)15/h2-3,6-11H,4-5,12H2,1H3,(H,24,26). The second-order valence-electron chi connectivity index (χ2n) is 7.41. The molecule has 3 aromatic carbocycles. The van der Waals surface area contributed by atoms with E-state index in [-0.39, 0.29) is 6.54 Å². The number of anilines is 1. The van der Waals surface area contributed by atoms with Crippen LogP contribution in [0.3, 0.4) is 0 Å². The first kappa shape index (κ1) is 16.7. The lowest BCUT2D eigenvalue weighted by molar-refractivity contribution is -0.116. The molecule has 138 valence electrons. The van der Waals surface area contributed by atoms with Crippen molar-refractivity contribution in [1.82, 2.24) is 4.90 Å². The van der Waals surface area contributed by atoms with Gasteiger partial charge in [0.1, 0.15) is 6.54 Å². The first-order valence-corrected chi connectivity index (χ1v) is 9.33. The van der Waals surface area contributed by atoms with Crippen LogP contribution in [0.25, 0.3) is 10.8 Å². The van der Waals surface area contributed by atoms with Crippen LogP contribution in [0.4, 0.5) is 5.69 Å². The normalized spacial score (nSPS) is 14.7. The highest BCUT2D eigenvalue weighted by atomic mass is 16.2. The quantitative estimate of drug-likeness (QED) is 0.718. The summed E-state index contributed by atoms with van der Waals surface area (Å²) in [4.78, 5) is 39.5. The summed E-state index contributed by atoms with van der Waals surface area (Å²) in [6, 6.07) is 14.9. The van der Waals surface area contributed by atoms with Gasteiger partial charge in [0.15, 0.2) is 0 Å². The van der Waals surface area contributed by atoms with Crippen molar-refractivity contribution in [2.45, 2.75) is 19.8 Å². The predicted octanol–water partition coefficient (Wildman–Crippen LogP) is 3.48. The minimum Gasteiger partial charge on any atom is -0.325 e. The van der Waals surface area contributed by atoms with Crippen LogP contribution in [0, 0.1) is 6.92 Å². The Morgan fingerprint density at radius 3 is 2.00 bits per heavy atom. The van der Waals surface area contributed by atoms with Gasteiger partial charge in [-0.25, -0.2) is 0 Å². The molecule has 5 rings (SSSR count). The van der Waals surface area contributed by atoms with E-state index in [1.165, 1.54) is 11.1 Å². The minimum atomic E-state index is -0.410. The maximum absolute atomic E-state index is 13.0. The zero-order valence-electron chi connectivity index (χ0n) is 15.4. The molecule has 0 unspecified atom stereocenters. The highest BCUT2D eigenvalue weighted by Crippen LogP contribution is 2.38. The largest absolute Gasteiger partial charge is 0.325 e. The Hall–Kier alpha value is -3.47. The molecule has 0 spiro atoms. The molecule has 3 amide bonds. The fraction of sp³-hybridized carbons (Fsp3) is 0.174. The molecular weight excluding hydrogens is 352 g/mol. The summed E-state index contributed by atoms with van der Waals surface area (Å²) in [7, 11) is 0. The Kier molecular flexibility index (Phi) is 3.59. The average molecular weight is 370 g/mol. The van der Waals surface area contributed by atoms with Crippen molar-refractivity contribution in [3.05, 3.63) is 76.3 Å². The van der Waals surface area contributed by atoms with E-state index in [1.807, 2.05) is 31.2 Å². The molecule has 0 saturated carbocycles. The number of rotatable bonds is 3. The molecule has 2 aliphatic rings. The molecule has 1 N–H and O–H groups in total. The zero-order chi connectivity index (χ0) is 19.4. The van der Waals surface area contributed by atoms with Gasteiger partial charge < -0.3 is 5.32 Å². The van der Waals surface area contributed by atoms with Crippen molar-refractivity contribution in [2.75, 3.05) is 11.9 Å². The number of amides is 3. The van der Waals surface area contributed by atoms with Gasteiger partial charge in [-0.3, -0.25) is 19.3 Å². The summed E-state index contributed by atoms with van der Waals surface area (Å²) in [6.45, 7) is 1.65. The fourth-order valence-corrected chi connectivity index (χ4v) is 4.19. The van der Waals surface area contributed by atoms with Crippen LogP contribution >= 0.6 is 0 Å². The number of hydrogen-bond acceptors (Lipinski definition) is 3.